The number of aldehydes is 1. The lowest BCUT2D eigenvalue weighted by Gasteiger charge is -2.11. The summed E-state index contributed by atoms with van der Waals surface area (Å²) in [6.45, 7) is -1.43. The number of rotatable bonds is 5. The molecule has 0 unspecified atom stereocenters. The summed E-state index contributed by atoms with van der Waals surface area (Å²) in [5, 5.41) is 8.52. The van der Waals surface area contributed by atoms with E-state index in [1.165, 1.54) is 18.2 Å². The predicted octanol–water partition coefficient (Wildman–Crippen LogP) is 2.51. The number of hydrogen-bond donors (Lipinski definition) is 1. The van der Waals surface area contributed by atoms with Gasteiger partial charge in [-0.25, -0.2) is 4.79 Å². The van der Waals surface area contributed by atoms with Gasteiger partial charge in [0, 0.05) is 6.08 Å². The van der Waals surface area contributed by atoms with Crippen molar-refractivity contribution in [2.24, 2.45) is 0 Å². The maximum absolute atomic E-state index is 12.1. The summed E-state index contributed by atoms with van der Waals surface area (Å²) in [5.74, 6) is -1.48. The number of ether oxygens (including phenoxy) is 1. The molecule has 0 radical (unpaired) electrons. The molecule has 96 valence electrons. The molecule has 0 saturated carbocycles. The van der Waals surface area contributed by atoms with Crippen LogP contribution in [0, 0.1) is 6.92 Å². The normalized spacial score (nSPS) is 10.9. The van der Waals surface area contributed by atoms with Crippen LogP contribution < -0.4 is 4.74 Å². The van der Waals surface area contributed by atoms with Gasteiger partial charge in [0.15, 0.2) is 6.29 Å². The van der Waals surface area contributed by atoms with Crippen molar-refractivity contribution in [2.45, 2.75) is 13.5 Å². The highest BCUT2D eigenvalue weighted by molar-refractivity contribution is 5.91. The number of benzene rings is 1. The second kappa shape index (κ2) is 5.90. The van der Waals surface area contributed by atoms with Crippen molar-refractivity contribution in [3.05, 3.63) is 34.9 Å². The fourth-order valence-corrected chi connectivity index (χ4v) is 1.42. The number of hydrogen-bond acceptors (Lipinski definition) is 3. The lowest BCUT2D eigenvalue weighted by atomic mass is 10.0. The summed E-state index contributed by atoms with van der Waals surface area (Å²) in [4.78, 5) is 21.3. The zero-order valence-corrected chi connectivity index (χ0v) is 9.39. The maximum Gasteiger partial charge on any atom is 0.387 e. The fourth-order valence-electron chi connectivity index (χ4n) is 1.42. The number of halogens is 2. The van der Waals surface area contributed by atoms with Crippen molar-refractivity contribution >= 4 is 18.3 Å². The van der Waals surface area contributed by atoms with Crippen LogP contribution in [0.1, 0.15) is 21.5 Å². The van der Waals surface area contributed by atoms with Crippen LogP contribution in [-0.4, -0.2) is 24.0 Å². The largest absolute Gasteiger partial charge is 0.478 e. The Labute approximate surface area is 101 Å². The summed E-state index contributed by atoms with van der Waals surface area (Å²) in [7, 11) is 0. The monoisotopic (exact) mass is 256 g/mol. The lowest BCUT2D eigenvalue weighted by molar-refractivity contribution is -0.131. The van der Waals surface area contributed by atoms with Crippen LogP contribution in [0.4, 0.5) is 8.78 Å². The molecule has 0 fully saturated rings. The molecule has 1 aromatic carbocycles. The van der Waals surface area contributed by atoms with Crippen LogP contribution in [0.15, 0.2) is 18.2 Å². The van der Waals surface area contributed by atoms with Crippen molar-refractivity contribution in [2.75, 3.05) is 0 Å². The Kier molecular flexibility index (Phi) is 4.53. The average Bonchev–Trinajstić information content (AvgIpc) is 2.28. The summed E-state index contributed by atoms with van der Waals surface area (Å²) in [6, 6.07) is 2.70. The van der Waals surface area contributed by atoms with E-state index in [4.69, 9.17) is 5.11 Å². The molecule has 0 bridgehead atoms. The Morgan fingerprint density at radius 2 is 2.06 bits per heavy atom. The first-order valence-corrected chi connectivity index (χ1v) is 4.90. The van der Waals surface area contributed by atoms with Gasteiger partial charge in [-0.2, -0.15) is 8.78 Å². The molecule has 0 heterocycles. The molecule has 0 amide bonds. The van der Waals surface area contributed by atoms with Crippen molar-refractivity contribution in [1.29, 1.82) is 0 Å². The number of carboxylic acid groups (broad SMARTS) is 1. The molecule has 6 heteroatoms. The third-order valence-corrected chi connectivity index (χ3v) is 2.19. The molecule has 1 rings (SSSR count). The number of alkyl halides is 2. The highest BCUT2D eigenvalue weighted by Crippen LogP contribution is 2.26. The molecule has 0 spiro atoms. The molecule has 0 aliphatic carbocycles. The van der Waals surface area contributed by atoms with Crippen LogP contribution in [0.5, 0.6) is 5.75 Å². The molecule has 0 aromatic heterocycles. The molecule has 0 aliphatic heterocycles. The Morgan fingerprint density at radius 1 is 1.39 bits per heavy atom. The zero-order valence-electron chi connectivity index (χ0n) is 9.39. The zero-order chi connectivity index (χ0) is 13.7. The van der Waals surface area contributed by atoms with E-state index in [-0.39, 0.29) is 16.9 Å². The van der Waals surface area contributed by atoms with E-state index in [0.717, 1.165) is 6.08 Å². The molecular formula is C12H10F2O4. The quantitative estimate of drug-likeness (QED) is 0.649. The number of carbonyl (C=O) groups excluding carboxylic acids is 1. The van der Waals surface area contributed by atoms with Crippen molar-refractivity contribution in [1.82, 2.24) is 0 Å². The lowest BCUT2D eigenvalue weighted by Crippen LogP contribution is -2.06. The van der Waals surface area contributed by atoms with Gasteiger partial charge in [-0.05, 0) is 30.2 Å². The Morgan fingerprint density at radius 3 is 2.56 bits per heavy atom. The third-order valence-electron chi connectivity index (χ3n) is 2.19. The van der Waals surface area contributed by atoms with E-state index in [9.17, 15) is 18.4 Å². The van der Waals surface area contributed by atoms with Crippen LogP contribution in [0.3, 0.4) is 0 Å². The van der Waals surface area contributed by atoms with Crippen LogP contribution >= 0.6 is 0 Å². The topological polar surface area (TPSA) is 63.6 Å². The Bertz CT molecular complexity index is 495. The first-order chi connectivity index (χ1) is 8.45. The van der Waals surface area contributed by atoms with Gasteiger partial charge in [-0.15, -0.1) is 0 Å². The third kappa shape index (κ3) is 3.38. The molecule has 18 heavy (non-hydrogen) atoms. The minimum atomic E-state index is -3.05. The highest BCUT2D eigenvalue weighted by atomic mass is 19.3. The standard InChI is InChI=1S/C12H10F2O4/c1-7-2-4-10(18-12(13)14)9(6-15)8(7)3-5-11(16)17/h2-6,12H,1H3,(H,16,17)/b5-3+. The average molecular weight is 256 g/mol. The van der Waals surface area contributed by atoms with Gasteiger partial charge in [-0.3, -0.25) is 4.79 Å². The summed E-state index contributed by atoms with van der Waals surface area (Å²) in [5.41, 5.74) is 0.717. The molecule has 0 saturated heterocycles. The van der Waals surface area contributed by atoms with Gasteiger partial charge in [0.25, 0.3) is 0 Å². The minimum Gasteiger partial charge on any atom is -0.478 e. The van der Waals surface area contributed by atoms with Crippen LogP contribution in [-0.2, 0) is 4.79 Å². The van der Waals surface area contributed by atoms with Gasteiger partial charge in [0.2, 0.25) is 0 Å². The van der Waals surface area contributed by atoms with Crippen molar-refractivity contribution < 1.29 is 28.2 Å². The van der Waals surface area contributed by atoms with E-state index in [1.54, 1.807) is 6.92 Å². The molecule has 0 atom stereocenters. The smallest absolute Gasteiger partial charge is 0.387 e. The van der Waals surface area contributed by atoms with Gasteiger partial charge in [0.05, 0.1) is 5.56 Å². The van der Waals surface area contributed by atoms with E-state index in [1.807, 2.05) is 0 Å². The van der Waals surface area contributed by atoms with E-state index < -0.39 is 12.6 Å². The predicted molar refractivity (Wildman–Crippen MR) is 59.9 cm³/mol. The second-order valence-electron chi connectivity index (χ2n) is 3.38. The van der Waals surface area contributed by atoms with Crippen LogP contribution in [0.2, 0.25) is 0 Å². The first-order valence-electron chi connectivity index (χ1n) is 4.90. The van der Waals surface area contributed by atoms with Gasteiger partial charge in [-0.1, -0.05) is 6.07 Å². The summed E-state index contributed by atoms with van der Waals surface area (Å²) in [6.07, 6.45) is 2.34. The van der Waals surface area contributed by atoms with Gasteiger partial charge in [0.1, 0.15) is 5.75 Å². The second-order valence-corrected chi connectivity index (χ2v) is 3.38. The fraction of sp³-hybridized carbons (Fsp3) is 0.167. The maximum atomic E-state index is 12.1. The molecule has 0 aliphatic rings. The molecule has 4 nitrogen and oxygen atoms in total. The number of carboxylic acids is 1. The highest BCUT2D eigenvalue weighted by Gasteiger charge is 2.13. The van der Waals surface area contributed by atoms with E-state index in [2.05, 4.69) is 4.74 Å². The molecule has 1 aromatic rings. The van der Waals surface area contributed by atoms with E-state index >= 15 is 0 Å². The van der Waals surface area contributed by atoms with Gasteiger partial charge < -0.3 is 9.84 Å². The molecule has 1 N–H and O–H groups in total. The Hall–Kier alpha value is -2.24. The van der Waals surface area contributed by atoms with Crippen molar-refractivity contribution in [3.63, 3.8) is 0 Å². The first kappa shape index (κ1) is 13.8. The molecular weight excluding hydrogens is 246 g/mol. The number of aliphatic carboxylic acids is 1. The van der Waals surface area contributed by atoms with Crippen LogP contribution in [0.25, 0.3) is 6.08 Å². The van der Waals surface area contributed by atoms with Crippen molar-refractivity contribution in [3.8, 4) is 5.75 Å². The van der Waals surface area contributed by atoms with Gasteiger partial charge >= 0.3 is 12.6 Å². The summed E-state index contributed by atoms with van der Waals surface area (Å²) < 4.78 is 28.5. The Balaban J connectivity index is 3.29. The van der Waals surface area contributed by atoms with E-state index in [0.29, 0.717) is 11.8 Å². The number of carbonyl (C=O) groups is 2. The number of aryl methyl sites for hydroxylation is 1. The summed E-state index contributed by atoms with van der Waals surface area (Å²) >= 11 is 0. The minimum absolute atomic E-state index is 0.104. The SMILES string of the molecule is Cc1ccc(OC(F)F)c(C=O)c1/C=C/C(=O)O.